The van der Waals surface area contributed by atoms with Gasteiger partial charge >= 0.3 is 0 Å². The summed E-state index contributed by atoms with van der Waals surface area (Å²) in [6, 6.07) is 5.99. The molecule has 1 heterocycles. The maximum absolute atomic E-state index is 12.4. The van der Waals surface area contributed by atoms with Crippen molar-refractivity contribution < 1.29 is 13.6 Å². The van der Waals surface area contributed by atoms with E-state index in [1.54, 1.807) is 12.1 Å². The third kappa shape index (κ3) is 3.26. The molecule has 1 saturated heterocycles. The van der Waals surface area contributed by atoms with Crippen LogP contribution in [0, 0.1) is 0 Å². The highest BCUT2D eigenvalue weighted by Crippen LogP contribution is 2.18. The van der Waals surface area contributed by atoms with Crippen molar-refractivity contribution >= 4 is 5.91 Å². The molecule has 1 aromatic rings. The van der Waals surface area contributed by atoms with E-state index in [9.17, 15) is 13.6 Å². The first-order valence-electron chi connectivity index (χ1n) is 6.05. The van der Waals surface area contributed by atoms with Crippen LogP contribution in [0.1, 0.15) is 30.4 Å². The van der Waals surface area contributed by atoms with E-state index in [2.05, 4.69) is 10.6 Å². The van der Waals surface area contributed by atoms with Gasteiger partial charge in [-0.2, -0.15) is 0 Å². The Hall–Kier alpha value is -1.49. The van der Waals surface area contributed by atoms with Gasteiger partial charge < -0.3 is 10.6 Å². The Morgan fingerprint density at radius 1 is 1.33 bits per heavy atom. The first-order valence-corrected chi connectivity index (χ1v) is 6.05. The van der Waals surface area contributed by atoms with E-state index in [1.165, 1.54) is 12.1 Å². The van der Waals surface area contributed by atoms with E-state index < -0.39 is 6.43 Å². The summed E-state index contributed by atoms with van der Waals surface area (Å²) in [4.78, 5) is 11.5. The van der Waals surface area contributed by atoms with Gasteiger partial charge in [-0.3, -0.25) is 4.79 Å². The van der Waals surface area contributed by atoms with Gasteiger partial charge in [-0.1, -0.05) is 24.3 Å². The average molecular weight is 254 g/mol. The third-order valence-corrected chi connectivity index (χ3v) is 3.07. The summed E-state index contributed by atoms with van der Waals surface area (Å²) in [6.45, 7) is 1.25. The summed E-state index contributed by atoms with van der Waals surface area (Å²) in [5.74, 6) is 0.0189. The predicted molar refractivity (Wildman–Crippen MR) is 64.3 cm³/mol. The number of alkyl halides is 2. The van der Waals surface area contributed by atoms with Crippen LogP contribution in [0.2, 0.25) is 0 Å². The molecule has 0 aliphatic carbocycles. The molecule has 1 unspecified atom stereocenters. The van der Waals surface area contributed by atoms with Crippen molar-refractivity contribution in [3.05, 3.63) is 35.4 Å². The SMILES string of the molecule is O=C1NCCCC1NCc1ccc(C(F)F)cc1. The smallest absolute Gasteiger partial charge is 0.263 e. The second-order valence-electron chi connectivity index (χ2n) is 4.41. The molecule has 1 amide bonds. The molecule has 2 N–H and O–H groups in total. The van der Waals surface area contributed by atoms with E-state index in [4.69, 9.17) is 0 Å². The van der Waals surface area contributed by atoms with Crippen molar-refractivity contribution in [2.75, 3.05) is 6.54 Å². The fourth-order valence-electron chi connectivity index (χ4n) is 1.99. The number of hydrogen-bond donors (Lipinski definition) is 2. The van der Waals surface area contributed by atoms with Crippen molar-refractivity contribution in [3.63, 3.8) is 0 Å². The van der Waals surface area contributed by atoms with Gasteiger partial charge in [-0.15, -0.1) is 0 Å². The Morgan fingerprint density at radius 2 is 2.06 bits per heavy atom. The molecule has 1 aliphatic rings. The maximum atomic E-state index is 12.4. The van der Waals surface area contributed by atoms with Crippen LogP contribution in [0.5, 0.6) is 0 Å². The summed E-state index contributed by atoms with van der Waals surface area (Å²) >= 11 is 0. The lowest BCUT2D eigenvalue weighted by molar-refractivity contribution is -0.124. The molecule has 98 valence electrons. The molecule has 18 heavy (non-hydrogen) atoms. The quantitative estimate of drug-likeness (QED) is 0.862. The molecule has 1 aromatic carbocycles. The fourth-order valence-corrected chi connectivity index (χ4v) is 1.99. The van der Waals surface area contributed by atoms with E-state index in [-0.39, 0.29) is 17.5 Å². The van der Waals surface area contributed by atoms with Gasteiger partial charge in [0.2, 0.25) is 5.91 Å². The van der Waals surface area contributed by atoms with Crippen LogP contribution >= 0.6 is 0 Å². The Bertz CT molecular complexity index is 406. The highest BCUT2D eigenvalue weighted by atomic mass is 19.3. The van der Waals surface area contributed by atoms with E-state index in [1.807, 2.05) is 0 Å². The number of hydrogen-bond acceptors (Lipinski definition) is 2. The average Bonchev–Trinajstić information content (AvgIpc) is 2.38. The van der Waals surface area contributed by atoms with E-state index in [0.717, 1.165) is 24.9 Å². The molecular formula is C13H16F2N2O. The Kier molecular flexibility index (Phi) is 4.25. The van der Waals surface area contributed by atoms with Gasteiger partial charge in [0.05, 0.1) is 6.04 Å². The Balaban J connectivity index is 1.87. The minimum Gasteiger partial charge on any atom is -0.355 e. The number of amides is 1. The summed E-state index contributed by atoms with van der Waals surface area (Å²) in [6.07, 6.45) is -0.648. The van der Waals surface area contributed by atoms with Gasteiger partial charge in [-0.25, -0.2) is 8.78 Å². The van der Waals surface area contributed by atoms with Crippen LogP contribution in [-0.2, 0) is 11.3 Å². The molecule has 5 heteroatoms. The minimum atomic E-state index is -2.43. The number of rotatable bonds is 4. The summed E-state index contributed by atoms with van der Waals surface area (Å²) < 4.78 is 24.7. The van der Waals surface area contributed by atoms with Crippen molar-refractivity contribution in [1.29, 1.82) is 0 Å². The number of nitrogens with one attached hydrogen (secondary N) is 2. The van der Waals surface area contributed by atoms with Crippen molar-refractivity contribution in [3.8, 4) is 0 Å². The number of piperidine rings is 1. The molecule has 3 nitrogen and oxygen atoms in total. The van der Waals surface area contributed by atoms with Crippen LogP contribution in [0.4, 0.5) is 8.78 Å². The third-order valence-electron chi connectivity index (χ3n) is 3.07. The van der Waals surface area contributed by atoms with Crippen LogP contribution in [0.15, 0.2) is 24.3 Å². The molecule has 0 bridgehead atoms. The molecule has 0 radical (unpaired) electrons. The van der Waals surface area contributed by atoms with Gasteiger partial charge in [0, 0.05) is 18.7 Å². The zero-order valence-electron chi connectivity index (χ0n) is 9.96. The molecule has 0 saturated carbocycles. The summed E-state index contributed by atoms with van der Waals surface area (Å²) in [5.41, 5.74) is 0.923. The molecule has 1 aliphatic heterocycles. The summed E-state index contributed by atoms with van der Waals surface area (Å²) in [5, 5.41) is 5.93. The number of carbonyl (C=O) groups is 1. The normalized spacial score (nSPS) is 19.9. The largest absolute Gasteiger partial charge is 0.355 e. The zero-order chi connectivity index (χ0) is 13.0. The molecule has 0 aromatic heterocycles. The first kappa shape index (κ1) is 13.0. The number of benzene rings is 1. The number of carbonyl (C=O) groups excluding carboxylic acids is 1. The van der Waals surface area contributed by atoms with Crippen molar-refractivity contribution in [1.82, 2.24) is 10.6 Å². The highest BCUT2D eigenvalue weighted by molar-refractivity contribution is 5.82. The second-order valence-corrected chi connectivity index (χ2v) is 4.41. The van der Waals surface area contributed by atoms with E-state index >= 15 is 0 Å². The zero-order valence-corrected chi connectivity index (χ0v) is 9.96. The van der Waals surface area contributed by atoms with Crippen LogP contribution in [0.3, 0.4) is 0 Å². The maximum Gasteiger partial charge on any atom is 0.263 e. The highest BCUT2D eigenvalue weighted by Gasteiger charge is 2.20. The topological polar surface area (TPSA) is 41.1 Å². The predicted octanol–water partition coefficient (Wildman–Crippen LogP) is 1.99. The molecule has 1 atom stereocenters. The van der Waals surface area contributed by atoms with Crippen LogP contribution in [-0.4, -0.2) is 18.5 Å². The van der Waals surface area contributed by atoms with Crippen LogP contribution < -0.4 is 10.6 Å². The Labute approximate surface area is 105 Å². The second kappa shape index (κ2) is 5.91. The molecule has 1 fully saturated rings. The van der Waals surface area contributed by atoms with Crippen molar-refractivity contribution in [2.24, 2.45) is 0 Å². The standard InChI is InChI=1S/C13H16F2N2O/c14-12(15)10-5-3-9(4-6-10)8-17-11-2-1-7-16-13(11)18/h3-6,11-12,17H,1-2,7-8H2,(H,16,18). The number of halogens is 2. The molecule has 2 rings (SSSR count). The lowest BCUT2D eigenvalue weighted by Gasteiger charge is -2.22. The van der Waals surface area contributed by atoms with Gasteiger partial charge in [0.1, 0.15) is 0 Å². The molecule has 0 spiro atoms. The first-order chi connectivity index (χ1) is 8.66. The van der Waals surface area contributed by atoms with E-state index in [0.29, 0.717) is 6.54 Å². The van der Waals surface area contributed by atoms with Crippen molar-refractivity contribution in [2.45, 2.75) is 31.9 Å². The van der Waals surface area contributed by atoms with Gasteiger partial charge in [0.15, 0.2) is 0 Å². The lowest BCUT2D eigenvalue weighted by Crippen LogP contribution is -2.47. The minimum absolute atomic E-state index is 0.0189. The Morgan fingerprint density at radius 3 is 2.67 bits per heavy atom. The lowest BCUT2D eigenvalue weighted by atomic mass is 10.1. The fraction of sp³-hybridized carbons (Fsp3) is 0.462. The van der Waals surface area contributed by atoms with Gasteiger partial charge in [-0.05, 0) is 18.4 Å². The molecular weight excluding hydrogens is 238 g/mol. The summed E-state index contributed by atoms with van der Waals surface area (Å²) in [7, 11) is 0. The van der Waals surface area contributed by atoms with Gasteiger partial charge in [0.25, 0.3) is 6.43 Å². The monoisotopic (exact) mass is 254 g/mol. The van der Waals surface area contributed by atoms with Crippen LogP contribution in [0.25, 0.3) is 0 Å².